The molecule has 0 heterocycles. The standard InChI is InChI=1S/C9H20N2O/c10-6-1-2-7-11-8-4-3-5-9(8)12/h8-9,11-12H,1-7,10H2/t8-,9-/m1/s1. The van der Waals surface area contributed by atoms with Crippen LogP contribution in [-0.2, 0) is 0 Å². The van der Waals surface area contributed by atoms with Gasteiger partial charge in [-0.25, -0.2) is 0 Å². The Morgan fingerprint density at radius 3 is 2.75 bits per heavy atom. The maximum Gasteiger partial charge on any atom is 0.0693 e. The molecule has 1 rings (SSSR count). The highest BCUT2D eigenvalue weighted by Gasteiger charge is 2.23. The minimum atomic E-state index is -0.108. The van der Waals surface area contributed by atoms with Gasteiger partial charge in [-0.3, -0.25) is 0 Å². The number of unbranched alkanes of at least 4 members (excludes halogenated alkanes) is 1. The Morgan fingerprint density at radius 1 is 1.33 bits per heavy atom. The molecule has 0 spiro atoms. The first kappa shape index (κ1) is 9.96. The molecule has 1 saturated carbocycles. The smallest absolute Gasteiger partial charge is 0.0693 e. The summed E-state index contributed by atoms with van der Waals surface area (Å²) < 4.78 is 0. The fourth-order valence-electron chi connectivity index (χ4n) is 1.74. The molecular weight excluding hydrogens is 152 g/mol. The topological polar surface area (TPSA) is 58.3 Å². The lowest BCUT2D eigenvalue weighted by Crippen LogP contribution is -2.36. The summed E-state index contributed by atoms with van der Waals surface area (Å²) in [5, 5.41) is 12.8. The third-order valence-electron chi connectivity index (χ3n) is 2.52. The second-order valence-corrected chi connectivity index (χ2v) is 3.55. The minimum absolute atomic E-state index is 0.108. The van der Waals surface area contributed by atoms with Crippen molar-refractivity contribution in [3.8, 4) is 0 Å². The van der Waals surface area contributed by atoms with Crippen molar-refractivity contribution >= 4 is 0 Å². The Balaban J connectivity index is 1.98. The first-order chi connectivity index (χ1) is 5.84. The van der Waals surface area contributed by atoms with E-state index in [4.69, 9.17) is 5.73 Å². The van der Waals surface area contributed by atoms with Gasteiger partial charge in [0.15, 0.2) is 0 Å². The van der Waals surface area contributed by atoms with Crippen molar-refractivity contribution in [2.24, 2.45) is 5.73 Å². The van der Waals surface area contributed by atoms with Crippen molar-refractivity contribution in [1.29, 1.82) is 0 Å². The van der Waals surface area contributed by atoms with Crippen LogP contribution < -0.4 is 11.1 Å². The fraction of sp³-hybridized carbons (Fsp3) is 1.00. The summed E-state index contributed by atoms with van der Waals surface area (Å²) in [6.45, 7) is 1.77. The highest BCUT2D eigenvalue weighted by molar-refractivity contribution is 4.82. The zero-order valence-electron chi connectivity index (χ0n) is 7.63. The lowest BCUT2D eigenvalue weighted by atomic mass is 10.2. The van der Waals surface area contributed by atoms with E-state index in [1.54, 1.807) is 0 Å². The van der Waals surface area contributed by atoms with Gasteiger partial charge in [-0.05, 0) is 45.2 Å². The molecule has 4 N–H and O–H groups in total. The molecule has 3 nitrogen and oxygen atoms in total. The molecule has 0 aromatic heterocycles. The summed E-state index contributed by atoms with van der Waals surface area (Å²) in [6.07, 6.45) is 5.35. The molecule has 1 fully saturated rings. The van der Waals surface area contributed by atoms with Gasteiger partial charge in [0.2, 0.25) is 0 Å². The molecule has 12 heavy (non-hydrogen) atoms. The molecule has 0 aliphatic heterocycles. The molecule has 1 aliphatic rings. The number of aliphatic hydroxyl groups excluding tert-OH is 1. The summed E-state index contributed by atoms with van der Waals surface area (Å²) >= 11 is 0. The predicted octanol–water partition coefficient (Wildman–Crippen LogP) is 0.228. The van der Waals surface area contributed by atoms with Crippen molar-refractivity contribution in [3.63, 3.8) is 0 Å². The molecule has 0 aromatic carbocycles. The van der Waals surface area contributed by atoms with Crippen LogP contribution in [0.1, 0.15) is 32.1 Å². The van der Waals surface area contributed by atoms with Gasteiger partial charge in [0, 0.05) is 6.04 Å². The van der Waals surface area contributed by atoms with Gasteiger partial charge in [0.25, 0.3) is 0 Å². The molecule has 2 atom stereocenters. The number of hydrogen-bond acceptors (Lipinski definition) is 3. The largest absolute Gasteiger partial charge is 0.392 e. The molecule has 0 saturated heterocycles. The number of nitrogens with two attached hydrogens (primary N) is 1. The zero-order chi connectivity index (χ0) is 8.81. The molecule has 0 unspecified atom stereocenters. The van der Waals surface area contributed by atoms with Crippen molar-refractivity contribution < 1.29 is 5.11 Å². The number of aliphatic hydroxyl groups is 1. The molecule has 1 aliphatic carbocycles. The van der Waals surface area contributed by atoms with Crippen LogP contribution in [0.2, 0.25) is 0 Å². The van der Waals surface area contributed by atoms with Crippen molar-refractivity contribution in [2.75, 3.05) is 13.1 Å². The third kappa shape index (κ3) is 3.09. The average Bonchev–Trinajstić information content (AvgIpc) is 2.46. The Bertz CT molecular complexity index is 119. The van der Waals surface area contributed by atoms with E-state index in [1.165, 1.54) is 0 Å². The molecule has 0 aromatic rings. The second kappa shape index (κ2) is 5.51. The van der Waals surface area contributed by atoms with E-state index in [-0.39, 0.29) is 6.10 Å². The van der Waals surface area contributed by atoms with Gasteiger partial charge < -0.3 is 16.2 Å². The summed E-state index contributed by atoms with van der Waals surface area (Å²) in [5.74, 6) is 0. The van der Waals surface area contributed by atoms with Crippen LogP contribution in [0.25, 0.3) is 0 Å². The lowest BCUT2D eigenvalue weighted by molar-refractivity contribution is 0.149. The van der Waals surface area contributed by atoms with Crippen LogP contribution in [0.5, 0.6) is 0 Å². The van der Waals surface area contributed by atoms with Crippen LogP contribution in [0.15, 0.2) is 0 Å². The first-order valence-electron chi connectivity index (χ1n) is 4.96. The van der Waals surface area contributed by atoms with Crippen molar-refractivity contribution in [2.45, 2.75) is 44.2 Å². The molecule has 72 valence electrons. The molecular formula is C9H20N2O. The molecule has 0 amide bonds. The predicted molar refractivity (Wildman–Crippen MR) is 49.9 cm³/mol. The van der Waals surface area contributed by atoms with E-state index >= 15 is 0 Å². The Kier molecular flexibility index (Phi) is 4.58. The highest BCUT2D eigenvalue weighted by atomic mass is 16.3. The quantitative estimate of drug-likeness (QED) is 0.520. The normalized spacial score (nSPS) is 29.5. The summed E-state index contributed by atoms with van der Waals surface area (Å²) in [4.78, 5) is 0. The Hall–Kier alpha value is -0.120. The van der Waals surface area contributed by atoms with Gasteiger partial charge >= 0.3 is 0 Å². The third-order valence-corrected chi connectivity index (χ3v) is 2.52. The molecule has 0 radical (unpaired) electrons. The van der Waals surface area contributed by atoms with Crippen molar-refractivity contribution in [1.82, 2.24) is 5.32 Å². The highest BCUT2D eigenvalue weighted by Crippen LogP contribution is 2.18. The molecule has 0 bridgehead atoms. The summed E-state index contributed by atoms with van der Waals surface area (Å²) in [7, 11) is 0. The van der Waals surface area contributed by atoms with Crippen LogP contribution >= 0.6 is 0 Å². The van der Waals surface area contributed by atoms with Crippen LogP contribution in [-0.4, -0.2) is 30.3 Å². The monoisotopic (exact) mass is 172 g/mol. The average molecular weight is 172 g/mol. The van der Waals surface area contributed by atoms with E-state index in [0.717, 1.165) is 45.2 Å². The van der Waals surface area contributed by atoms with Gasteiger partial charge in [-0.15, -0.1) is 0 Å². The minimum Gasteiger partial charge on any atom is -0.392 e. The lowest BCUT2D eigenvalue weighted by Gasteiger charge is -2.15. The first-order valence-corrected chi connectivity index (χ1v) is 4.96. The number of rotatable bonds is 5. The fourth-order valence-corrected chi connectivity index (χ4v) is 1.74. The van der Waals surface area contributed by atoms with Crippen LogP contribution in [0.3, 0.4) is 0 Å². The SMILES string of the molecule is NCCCCN[C@@H]1CCC[C@H]1O. The van der Waals surface area contributed by atoms with E-state index in [0.29, 0.717) is 6.04 Å². The van der Waals surface area contributed by atoms with Gasteiger partial charge in [0.1, 0.15) is 0 Å². The van der Waals surface area contributed by atoms with Gasteiger partial charge in [-0.2, -0.15) is 0 Å². The van der Waals surface area contributed by atoms with Crippen LogP contribution in [0.4, 0.5) is 0 Å². The zero-order valence-corrected chi connectivity index (χ0v) is 7.63. The van der Waals surface area contributed by atoms with E-state index < -0.39 is 0 Å². The number of hydrogen-bond donors (Lipinski definition) is 3. The van der Waals surface area contributed by atoms with E-state index in [9.17, 15) is 5.11 Å². The van der Waals surface area contributed by atoms with E-state index in [1.807, 2.05) is 0 Å². The Labute approximate surface area is 74.3 Å². The van der Waals surface area contributed by atoms with Crippen molar-refractivity contribution in [3.05, 3.63) is 0 Å². The van der Waals surface area contributed by atoms with Crippen LogP contribution in [0, 0.1) is 0 Å². The van der Waals surface area contributed by atoms with E-state index in [2.05, 4.69) is 5.32 Å². The summed E-state index contributed by atoms with van der Waals surface area (Å²) in [5.41, 5.74) is 5.37. The van der Waals surface area contributed by atoms with Gasteiger partial charge in [-0.1, -0.05) is 0 Å². The molecule has 3 heteroatoms. The summed E-state index contributed by atoms with van der Waals surface area (Å²) in [6, 6.07) is 0.350. The second-order valence-electron chi connectivity index (χ2n) is 3.55. The van der Waals surface area contributed by atoms with Gasteiger partial charge in [0.05, 0.1) is 6.10 Å². The maximum absolute atomic E-state index is 9.46. The maximum atomic E-state index is 9.46. The number of nitrogens with one attached hydrogen (secondary N) is 1. The Morgan fingerprint density at radius 2 is 2.17 bits per heavy atom.